The van der Waals surface area contributed by atoms with Crippen molar-refractivity contribution >= 4 is 15.9 Å². The number of sulfonamides is 1. The van der Waals surface area contributed by atoms with Gasteiger partial charge in [0.05, 0.1) is 4.90 Å². The van der Waals surface area contributed by atoms with E-state index in [-0.39, 0.29) is 16.8 Å². The van der Waals surface area contributed by atoms with Crippen molar-refractivity contribution in [2.24, 2.45) is 5.92 Å². The largest absolute Gasteiger partial charge is 0.349 e. The molecule has 0 radical (unpaired) electrons. The van der Waals surface area contributed by atoms with E-state index in [4.69, 9.17) is 0 Å². The first-order valence-electron chi connectivity index (χ1n) is 8.89. The molecular weight excluding hydrogens is 324 g/mol. The number of hydrogen-bond donors (Lipinski definition) is 1. The standard InChI is InChI=1S/C18H26N2O3S/c1-14(15-6-7-15)19-18(21)16-8-10-17(11-9-16)24(22,23)20-12-4-2-3-5-13-20/h8-11,14-15H,2-7,12-13H2,1H3,(H,19,21)/t14-/m0/s1. The minimum absolute atomic E-state index is 0.131. The van der Waals surface area contributed by atoms with Gasteiger partial charge in [-0.05, 0) is 62.8 Å². The van der Waals surface area contributed by atoms with Gasteiger partial charge >= 0.3 is 0 Å². The molecule has 0 aromatic heterocycles. The summed E-state index contributed by atoms with van der Waals surface area (Å²) < 4.78 is 27.0. The molecule has 1 aromatic carbocycles. The molecule has 5 nitrogen and oxygen atoms in total. The first-order chi connectivity index (χ1) is 11.5. The topological polar surface area (TPSA) is 66.5 Å². The maximum Gasteiger partial charge on any atom is 0.251 e. The van der Waals surface area contributed by atoms with E-state index in [1.54, 1.807) is 28.6 Å². The molecule has 24 heavy (non-hydrogen) atoms. The summed E-state index contributed by atoms with van der Waals surface area (Å²) >= 11 is 0. The number of rotatable bonds is 5. The number of hydrogen-bond acceptors (Lipinski definition) is 3. The van der Waals surface area contributed by atoms with Gasteiger partial charge in [0.15, 0.2) is 0 Å². The van der Waals surface area contributed by atoms with E-state index < -0.39 is 10.0 Å². The summed E-state index contributed by atoms with van der Waals surface area (Å²) in [6.45, 7) is 3.20. The Morgan fingerprint density at radius 1 is 1.08 bits per heavy atom. The predicted octanol–water partition coefficient (Wildman–Crippen LogP) is 2.78. The fraction of sp³-hybridized carbons (Fsp3) is 0.611. The lowest BCUT2D eigenvalue weighted by Gasteiger charge is -2.20. The monoisotopic (exact) mass is 350 g/mol. The van der Waals surface area contributed by atoms with Crippen LogP contribution in [0.3, 0.4) is 0 Å². The Labute approximate surface area is 144 Å². The van der Waals surface area contributed by atoms with Gasteiger partial charge in [-0.3, -0.25) is 4.79 Å². The van der Waals surface area contributed by atoms with E-state index in [0.29, 0.717) is 24.6 Å². The van der Waals surface area contributed by atoms with Gasteiger partial charge in [-0.1, -0.05) is 12.8 Å². The van der Waals surface area contributed by atoms with Crippen LogP contribution in [0.25, 0.3) is 0 Å². The van der Waals surface area contributed by atoms with Crippen LogP contribution in [0.5, 0.6) is 0 Å². The average Bonchev–Trinajstić information content (AvgIpc) is 3.41. The Bertz CT molecular complexity index is 673. The molecule has 1 aliphatic carbocycles. The number of benzene rings is 1. The maximum absolute atomic E-state index is 12.7. The molecule has 1 saturated heterocycles. The van der Waals surface area contributed by atoms with Gasteiger partial charge in [0.2, 0.25) is 10.0 Å². The van der Waals surface area contributed by atoms with E-state index in [1.165, 1.54) is 12.8 Å². The molecule has 1 aliphatic heterocycles. The summed E-state index contributed by atoms with van der Waals surface area (Å²) in [5.41, 5.74) is 0.511. The van der Waals surface area contributed by atoms with Crippen molar-refractivity contribution in [3.05, 3.63) is 29.8 Å². The van der Waals surface area contributed by atoms with Gasteiger partial charge < -0.3 is 5.32 Å². The number of nitrogens with zero attached hydrogens (tertiary/aromatic N) is 1. The Balaban J connectivity index is 1.69. The lowest BCUT2D eigenvalue weighted by atomic mass is 10.1. The lowest BCUT2D eigenvalue weighted by molar-refractivity contribution is 0.0935. The van der Waals surface area contributed by atoms with Gasteiger partial charge in [-0.2, -0.15) is 4.31 Å². The lowest BCUT2D eigenvalue weighted by Crippen LogP contribution is -2.34. The highest BCUT2D eigenvalue weighted by atomic mass is 32.2. The van der Waals surface area contributed by atoms with Crippen LogP contribution in [0.2, 0.25) is 0 Å². The third kappa shape index (κ3) is 3.98. The summed E-state index contributed by atoms with van der Waals surface area (Å²) in [6.07, 6.45) is 6.36. The first-order valence-corrected chi connectivity index (χ1v) is 10.3. The SMILES string of the molecule is C[C@H](NC(=O)c1ccc(S(=O)(=O)N2CCCCCC2)cc1)C1CC1. The summed E-state index contributed by atoms with van der Waals surface area (Å²) in [5, 5.41) is 2.99. The molecule has 1 aromatic rings. The zero-order chi connectivity index (χ0) is 17.2. The summed E-state index contributed by atoms with van der Waals surface area (Å²) in [6, 6.07) is 6.51. The van der Waals surface area contributed by atoms with Crippen molar-refractivity contribution in [2.75, 3.05) is 13.1 Å². The predicted molar refractivity (Wildman–Crippen MR) is 93.3 cm³/mol. The molecule has 0 unspecified atom stereocenters. The minimum atomic E-state index is -3.45. The third-order valence-electron chi connectivity index (χ3n) is 5.01. The van der Waals surface area contributed by atoms with Crippen LogP contribution in [-0.2, 0) is 10.0 Å². The van der Waals surface area contributed by atoms with Crippen molar-refractivity contribution < 1.29 is 13.2 Å². The van der Waals surface area contributed by atoms with Crippen LogP contribution >= 0.6 is 0 Å². The number of carbonyl (C=O) groups is 1. The van der Waals surface area contributed by atoms with Crippen molar-refractivity contribution in [3.8, 4) is 0 Å². The Kier molecular flexibility index (Phi) is 5.25. The molecule has 2 fully saturated rings. The molecule has 1 N–H and O–H groups in total. The number of nitrogens with one attached hydrogen (secondary N) is 1. The van der Waals surface area contributed by atoms with Crippen molar-refractivity contribution in [3.63, 3.8) is 0 Å². The normalized spacial score (nSPS) is 21.0. The van der Waals surface area contributed by atoms with Crippen molar-refractivity contribution in [1.29, 1.82) is 0 Å². The van der Waals surface area contributed by atoms with Crippen LogP contribution in [0.1, 0.15) is 55.8 Å². The third-order valence-corrected chi connectivity index (χ3v) is 6.92. The average molecular weight is 350 g/mol. The molecule has 2 aliphatic rings. The number of carbonyl (C=O) groups excluding carboxylic acids is 1. The highest BCUT2D eigenvalue weighted by Crippen LogP contribution is 2.32. The Morgan fingerprint density at radius 2 is 1.67 bits per heavy atom. The highest BCUT2D eigenvalue weighted by Gasteiger charge is 2.29. The molecule has 132 valence electrons. The second kappa shape index (κ2) is 7.23. The van der Waals surface area contributed by atoms with Gasteiger partial charge in [-0.25, -0.2) is 8.42 Å². The molecule has 3 rings (SSSR count). The summed E-state index contributed by atoms with van der Waals surface area (Å²) in [7, 11) is -3.45. The summed E-state index contributed by atoms with van der Waals surface area (Å²) in [4.78, 5) is 12.5. The first kappa shape index (κ1) is 17.4. The van der Waals surface area contributed by atoms with Crippen LogP contribution in [-0.4, -0.2) is 37.8 Å². The Morgan fingerprint density at radius 3 is 2.21 bits per heavy atom. The second-order valence-electron chi connectivity index (χ2n) is 6.94. The van der Waals surface area contributed by atoms with E-state index in [9.17, 15) is 13.2 Å². The smallest absolute Gasteiger partial charge is 0.251 e. The second-order valence-corrected chi connectivity index (χ2v) is 8.88. The van der Waals surface area contributed by atoms with E-state index >= 15 is 0 Å². The molecule has 1 amide bonds. The fourth-order valence-corrected chi connectivity index (χ4v) is 4.73. The highest BCUT2D eigenvalue weighted by molar-refractivity contribution is 7.89. The van der Waals surface area contributed by atoms with Crippen molar-refractivity contribution in [1.82, 2.24) is 9.62 Å². The fourth-order valence-electron chi connectivity index (χ4n) is 3.21. The molecule has 1 saturated carbocycles. The van der Waals surface area contributed by atoms with E-state index in [2.05, 4.69) is 5.32 Å². The summed E-state index contributed by atoms with van der Waals surface area (Å²) in [5.74, 6) is 0.463. The molecule has 1 atom stereocenters. The molecule has 1 heterocycles. The van der Waals surface area contributed by atoms with Crippen LogP contribution in [0.4, 0.5) is 0 Å². The minimum Gasteiger partial charge on any atom is -0.349 e. The van der Waals surface area contributed by atoms with Crippen LogP contribution < -0.4 is 5.32 Å². The number of amides is 1. The van der Waals surface area contributed by atoms with Crippen LogP contribution in [0.15, 0.2) is 29.2 Å². The molecular formula is C18H26N2O3S. The van der Waals surface area contributed by atoms with E-state index in [1.807, 2.05) is 6.92 Å². The zero-order valence-electron chi connectivity index (χ0n) is 14.2. The van der Waals surface area contributed by atoms with Crippen LogP contribution in [0, 0.1) is 5.92 Å². The molecule has 0 bridgehead atoms. The van der Waals surface area contributed by atoms with Gasteiger partial charge in [0.25, 0.3) is 5.91 Å². The zero-order valence-corrected chi connectivity index (χ0v) is 15.0. The van der Waals surface area contributed by atoms with Gasteiger partial charge in [-0.15, -0.1) is 0 Å². The Hall–Kier alpha value is -1.40. The molecule has 6 heteroatoms. The van der Waals surface area contributed by atoms with Crippen molar-refractivity contribution in [2.45, 2.75) is 56.4 Å². The van der Waals surface area contributed by atoms with E-state index in [0.717, 1.165) is 25.7 Å². The quantitative estimate of drug-likeness (QED) is 0.888. The van der Waals surface area contributed by atoms with Gasteiger partial charge in [0, 0.05) is 24.7 Å². The molecule has 0 spiro atoms. The maximum atomic E-state index is 12.7. The van der Waals surface area contributed by atoms with Gasteiger partial charge in [0.1, 0.15) is 0 Å².